The Labute approximate surface area is 131 Å². The standard InChI is InChI=1S/C17H24N2OS/c1-3-20-15-8-4-7-14(10-15)18-16-19-17(12-21-16)9-5-6-13(2)11-17/h4,7-8,10,13H,3,5-6,9,11-12H2,1-2H3,(H,18,19). The number of thioether (sulfide) groups is 1. The number of nitrogens with zero attached hydrogens (tertiary/aromatic N) is 1. The Morgan fingerprint density at radius 3 is 3.19 bits per heavy atom. The number of rotatable bonds is 3. The first kappa shape index (κ1) is 14.8. The van der Waals surface area contributed by atoms with E-state index in [9.17, 15) is 0 Å². The van der Waals surface area contributed by atoms with Crippen molar-refractivity contribution in [2.24, 2.45) is 10.9 Å². The fraction of sp³-hybridized carbons (Fsp3) is 0.588. The Morgan fingerprint density at radius 2 is 2.38 bits per heavy atom. The molecular weight excluding hydrogens is 280 g/mol. The highest BCUT2D eigenvalue weighted by Gasteiger charge is 2.39. The molecule has 0 radical (unpaired) electrons. The van der Waals surface area contributed by atoms with Gasteiger partial charge in [-0.25, -0.2) is 0 Å². The van der Waals surface area contributed by atoms with Gasteiger partial charge in [0.1, 0.15) is 5.75 Å². The van der Waals surface area contributed by atoms with E-state index in [2.05, 4.69) is 18.3 Å². The van der Waals surface area contributed by atoms with Crippen LogP contribution in [-0.2, 0) is 0 Å². The second kappa shape index (κ2) is 6.30. The summed E-state index contributed by atoms with van der Waals surface area (Å²) in [5, 5.41) is 4.53. The smallest absolute Gasteiger partial charge is 0.161 e. The van der Waals surface area contributed by atoms with Crippen LogP contribution in [0, 0.1) is 5.92 Å². The van der Waals surface area contributed by atoms with E-state index in [4.69, 9.17) is 9.73 Å². The maximum atomic E-state index is 5.55. The molecule has 1 spiro atoms. The predicted molar refractivity (Wildman–Crippen MR) is 91.5 cm³/mol. The van der Waals surface area contributed by atoms with Crippen LogP contribution in [0.2, 0.25) is 0 Å². The largest absolute Gasteiger partial charge is 0.494 e. The highest BCUT2D eigenvalue weighted by Crippen LogP contribution is 2.42. The van der Waals surface area contributed by atoms with Crippen LogP contribution in [-0.4, -0.2) is 23.1 Å². The zero-order valence-electron chi connectivity index (χ0n) is 12.9. The summed E-state index contributed by atoms with van der Waals surface area (Å²) < 4.78 is 5.55. The molecule has 3 rings (SSSR count). The molecule has 1 aliphatic heterocycles. The molecule has 114 valence electrons. The number of hydrogen-bond donors (Lipinski definition) is 1. The topological polar surface area (TPSA) is 33.6 Å². The SMILES string of the molecule is CCOc1cccc(NC2=NC3(CCCC(C)C3)CS2)c1. The van der Waals surface area contributed by atoms with Crippen molar-refractivity contribution in [1.82, 2.24) is 0 Å². The van der Waals surface area contributed by atoms with Crippen molar-refractivity contribution >= 4 is 22.6 Å². The predicted octanol–water partition coefficient (Wildman–Crippen LogP) is 4.55. The maximum absolute atomic E-state index is 5.55. The second-order valence-electron chi connectivity index (χ2n) is 6.22. The monoisotopic (exact) mass is 304 g/mol. The molecule has 1 aromatic carbocycles. The Morgan fingerprint density at radius 1 is 1.48 bits per heavy atom. The van der Waals surface area contributed by atoms with E-state index in [1.54, 1.807) is 0 Å². The summed E-state index contributed by atoms with van der Waals surface area (Å²) in [7, 11) is 0. The van der Waals surface area contributed by atoms with Crippen LogP contribution in [0.4, 0.5) is 5.69 Å². The van der Waals surface area contributed by atoms with Gasteiger partial charge in [-0.15, -0.1) is 0 Å². The van der Waals surface area contributed by atoms with E-state index in [1.807, 2.05) is 36.9 Å². The third kappa shape index (κ3) is 3.54. The molecule has 3 nitrogen and oxygen atoms in total. The maximum Gasteiger partial charge on any atom is 0.161 e. The minimum Gasteiger partial charge on any atom is -0.494 e. The zero-order valence-corrected chi connectivity index (χ0v) is 13.7. The number of hydrogen-bond acceptors (Lipinski definition) is 4. The number of ether oxygens (including phenoxy) is 1. The van der Waals surface area contributed by atoms with Gasteiger partial charge in [0.15, 0.2) is 5.17 Å². The molecule has 1 fully saturated rings. The number of amidine groups is 1. The molecule has 1 aliphatic carbocycles. The Balaban J connectivity index is 1.69. The molecule has 2 unspecified atom stereocenters. The lowest BCUT2D eigenvalue weighted by molar-refractivity contribution is 0.266. The molecule has 4 heteroatoms. The average molecular weight is 304 g/mol. The van der Waals surface area contributed by atoms with Gasteiger partial charge < -0.3 is 10.1 Å². The van der Waals surface area contributed by atoms with Crippen LogP contribution in [0.15, 0.2) is 29.3 Å². The fourth-order valence-electron chi connectivity index (χ4n) is 3.37. The van der Waals surface area contributed by atoms with Crippen molar-refractivity contribution in [2.75, 3.05) is 17.7 Å². The number of aliphatic imine (C=N–C) groups is 1. The average Bonchev–Trinajstić information content (AvgIpc) is 2.81. The lowest BCUT2D eigenvalue weighted by atomic mass is 9.78. The summed E-state index contributed by atoms with van der Waals surface area (Å²) in [5.74, 6) is 2.85. The van der Waals surface area contributed by atoms with E-state index < -0.39 is 0 Å². The lowest BCUT2D eigenvalue weighted by Crippen LogP contribution is -2.33. The zero-order chi connectivity index (χ0) is 14.7. The molecule has 1 N–H and O–H groups in total. The van der Waals surface area contributed by atoms with Gasteiger partial charge in [0.25, 0.3) is 0 Å². The first-order chi connectivity index (χ1) is 10.2. The van der Waals surface area contributed by atoms with Crippen molar-refractivity contribution < 1.29 is 4.74 Å². The highest BCUT2D eigenvalue weighted by molar-refractivity contribution is 8.14. The van der Waals surface area contributed by atoms with E-state index in [0.29, 0.717) is 6.61 Å². The Hall–Kier alpha value is -1.16. The molecule has 21 heavy (non-hydrogen) atoms. The van der Waals surface area contributed by atoms with Crippen LogP contribution in [0.1, 0.15) is 39.5 Å². The summed E-state index contributed by atoms with van der Waals surface area (Å²) in [6, 6.07) is 8.12. The summed E-state index contributed by atoms with van der Waals surface area (Å²) in [6.45, 7) is 5.06. The third-order valence-corrected chi connectivity index (χ3v) is 5.43. The quantitative estimate of drug-likeness (QED) is 0.889. The van der Waals surface area contributed by atoms with E-state index >= 15 is 0 Å². The Kier molecular flexibility index (Phi) is 4.43. The first-order valence-electron chi connectivity index (χ1n) is 7.92. The van der Waals surface area contributed by atoms with Crippen molar-refractivity contribution in [2.45, 2.75) is 45.1 Å². The molecule has 1 saturated carbocycles. The van der Waals surface area contributed by atoms with E-state index in [0.717, 1.165) is 28.3 Å². The van der Waals surface area contributed by atoms with Gasteiger partial charge in [-0.2, -0.15) is 0 Å². The van der Waals surface area contributed by atoms with Gasteiger partial charge >= 0.3 is 0 Å². The summed E-state index contributed by atoms with van der Waals surface area (Å²) >= 11 is 1.86. The van der Waals surface area contributed by atoms with E-state index in [-0.39, 0.29) is 5.54 Å². The normalized spacial score (nSPS) is 28.5. The molecule has 0 saturated heterocycles. The molecular formula is C17H24N2OS. The molecule has 2 atom stereocenters. The van der Waals surface area contributed by atoms with Crippen LogP contribution in [0.3, 0.4) is 0 Å². The van der Waals surface area contributed by atoms with Gasteiger partial charge in [0.05, 0.1) is 12.1 Å². The third-order valence-electron chi connectivity index (χ3n) is 4.28. The summed E-state index contributed by atoms with van der Waals surface area (Å²) in [5.41, 5.74) is 1.26. The van der Waals surface area contributed by atoms with E-state index in [1.165, 1.54) is 25.7 Å². The first-order valence-corrected chi connectivity index (χ1v) is 8.90. The highest BCUT2D eigenvalue weighted by atomic mass is 32.2. The van der Waals surface area contributed by atoms with Crippen molar-refractivity contribution in [3.8, 4) is 5.75 Å². The molecule has 0 aromatic heterocycles. The molecule has 1 aromatic rings. The van der Waals surface area contributed by atoms with Crippen molar-refractivity contribution in [3.05, 3.63) is 24.3 Å². The van der Waals surface area contributed by atoms with Crippen molar-refractivity contribution in [3.63, 3.8) is 0 Å². The van der Waals surface area contributed by atoms with Gasteiger partial charge in [-0.1, -0.05) is 37.6 Å². The van der Waals surface area contributed by atoms with Gasteiger partial charge in [-0.05, 0) is 37.8 Å². The van der Waals surface area contributed by atoms with Gasteiger partial charge in [0, 0.05) is 17.5 Å². The molecule has 0 amide bonds. The Bertz CT molecular complexity index is 531. The molecule has 1 heterocycles. The number of nitrogens with one attached hydrogen (secondary N) is 1. The molecule has 0 bridgehead atoms. The minimum absolute atomic E-state index is 0.197. The summed E-state index contributed by atoms with van der Waals surface area (Å²) in [6.07, 6.45) is 5.16. The number of anilines is 1. The number of benzene rings is 1. The fourth-order valence-corrected chi connectivity index (χ4v) is 4.55. The van der Waals surface area contributed by atoms with Crippen LogP contribution in [0.25, 0.3) is 0 Å². The second-order valence-corrected chi connectivity index (χ2v) is 7.18. The summed E-state index contributed by atoms with van der Waals surface area (Å²) in [4.78, 5) is 5.03. The van der Waals surface area contributed by atoms with Gasteiger partial charge in [0.2, 0.25) is 0 Å². The van der Waals surface area contributed by atoms with Crippen LogP contribution in [0.5, 0.6) is 5.75 Å². The molecule has 2 aliphatic rings. The minimum atomic E-state index is 0.197. The van der Waals surface area contributed by atoms with Crippen LogP contribution < -0.4 is 10.1 Å². The van der Waals surface area contributed by atoms with Crippen LogP contribution >= 0.6 is 11.8 Å². The van der Waals surface area contributed by atoms with Crippen molar-refractivity contribution in [1.29, 1.82) is 0 Å². The van der Waals surface area contributed by atoms with Gasteiger partial charge in [-0.3, -0.25) is 4.99 Å². The lowest BCUT2D eigenvalue weighted by Gasteiger charge is -2.33.